The molecule has 0 spiro atoms. The Morgan fingerprint density at radius 3 is 2.17 bits per heavy atom. The first-order valence-electron chi connectivity index (χ1n) is 8.11. The SMILES string of the molecule is COc1cc(C=NC[C@H]2CC[C@H](C(=O)O)CC2)cc(OC)c1OC. The lowest BCUT2D eigenvalue weighted by Gasteiger charge is -2.24. The van der Waals surface area contributed by atoms with Gasteiger partial charge in [0.2, 0.25) is 5.75 Å². The molecule has 2 rings (SSSR count). The fraction of sp³-hybridized carbons (Fsp3) is 0.556. The Balaban J connectivity index is 1.98. The first-order valence-corrected chi connectivity index (χ1v) is 8.11. The van der Waals surface area contributed by atoms with Gasteiger partial charge in [0.15, 0.2) is 11.5 Å². The summed E-state index contributed by atoms with van der Waals surface area (Å²) in [6, 6.07) is 3.71. The topological polar surface area (TPSA) is 77.4 Å². The van der Waals surface area contributed by atoms with Crippen molar-refractivity contribution in [1.82, 2.24) is 0 Å². The van der Waals surface area contributed by atoms with E-state index in [-0.39, 0.29) is 5.92 Å². The molecule has 1 aromatic rings. The zero-order chi connectivity index (χ0) is 17.5. The van der Waals surface area contributed by atoms with Gasteiger partial charge in [-0.05, 0) is 49.3 Å². The summed E-state index contributed by atoms with van der Waals surface area (Å²) in [6.07, 6.45) is 5.14. The lowest BCUT2D eigenvalue weighted by molar-refractivity contribution is -0.143. The Morgan fingerprint density at radius 1 is 1.12 bits per heavy atom. The molecule has 0 saturated heterocycles. The number of carbonyl (C=O) groups is 1. The third-order valence-corrected chi connectivity index (χ3v) is 4.49. The minimum Gasteiger partial charge on any atom is -0.493 e. The van der Waals surface area contributed by atoms with Crippen molar-refractivity contribution in [3.8, 4) is 17.2 Å². The number of ether oxygens (including phenoxy) is 3. The van der Waals surface area contributed by atoms with E-state index in [0.717, 1.165) is 31.2 Å². The van der Waals surface area contributed by atoms with Gasteiger partial charge < -0.3 is 19.3 Å². The standard InChI is InChI=1S/C18H25NO5/c1-22-15-8-13(9-16(23-2)17(15)24-3)11-19-10-12-4-6-14(7-5-12)18(20)21/h8-9,11-12,14H,4-7,10H2,1-3H3,(H,20,21)/t12-,14-. The number of hydrogen-bond donors (Lipinski definition) is 1. The maximum atomic E-state index is 11.0. The van der Waals surface area contributed by atoms with Crippen LogP contribution in [0.3, 0.4) is 0 Å². The van der Waals surface area contributed by atoms with Crippen molar-refractivity contribution in [3.05, 3.63) is 17.7 Å². The Bertz CT molecular complexity index is 566. The van der Waals surface area contributed by atoms with Crippen molar-refractivity contribution in [2.45, 2.75) is 25.7 Å². The fourth-order valence-corrected chi connectivity index (χ4v) is 3.08. The molecule has 0 aliphatic heterocycles. The second kappa shape index (κ2) is 8.57. The van der Waals surface area contributed by atoms with Gasteiger partial charge in [-0.3, -0.25) is 9.79 Å². The summed E-state index contributed by atoms with van der Waals surface area (Å²) in [4.78, 5) is 15.5. The monoisotopic (exact) mass is 335 g/mol. The molecule has 6 nitrogen and oxygen atoms in total. The summed E-state index contributed by atoms with van der Waals surface area (Å²) in [5.41, 5.74) is 0.878. The van der Waals surface area contributed by atoms with Crippen LogP contribution < -0.4 is 14.2 Å². The van der Waals surface area contributed by atoms with Crippen LogP contribution in [0.1, 0.15) is 31.2 Å². The normalized spacial score (nSPS) is 20.8. The van der Waals surface area contributed by atoms with Gasteiger partial charge in [0.25, 0.3) is 0 Å². The summed E-state index contributed by atoms with van der Waals surface area (Å²) in [5, 5.41) is 9.03. The molecule has 0 heterocycles. The third-order valence-electron chi connectivity index (χ3n) is 4.49. The highest BCUT2D eigenvalue weighted by Gasteiger charge is 2.25. The molecule has 0 bridgehead atoms. The van der Waals surface area contributed by atoms with E-state index < -0.39 is 5.97 Å². The molecule has 24 heavy (non-hydrogen) atoms. The van der Waals surface area contributed by atoms with Crippen molar-refractivity contribution < 1.29 is 24.1 Å². The summed E-state index contributed by atoms with van der Waals surface area (Å²) in [6.45, 7) is 0.711. The fourth-order valence-electron chi connectivity index (χ4n) is 3.08. The predicted octanol–water partition coefficient (Wildman–Crippen LogP) is 3.02. The van der Waals surface area contributed by atoms with E-state index in [1.165, 1.54) is 0 Å². The molecule has 1 aliphatic rings. The minimum atomic E-state index is -0.672. The highest BCUT2D eigenvalue weighted by molar-refractivity contribution is 5.82. The molecule has 1 N–H and O–H groups in total. The molecule has 1 aromatic carbocycles. The van der Waals surface area contributed by atoms with Gasteiger partial charge in [-0.15, -0.1) is 0 Å². The number of carboxylic acid groups (broad SMARTS) is 1. The quantitative estimate of drug-likeness (QED) is 0.775. The number of nitrogens with zero attached hydrogens (tertiary/aromatic N) is 1. The van der Waals surface area contributed by atoms with Crippen molar-refractivity contribution in [2.24, 2.45) is 16.8 Å². The van der Waals surface area contributed by atoms with Crippen molar-refractivity contribution >= 4 is 12.2 Å². The lowest BCUT2D eigenvalue weighted by Crippen LogP contribution is -2.22. The van der Waals surface area contributed by atoms with Crippen LogP contribution in [0.5, 0.6) is 17.2 Å². The number of methoxy groups -OCH3 is 3. The summed E-state index contributed by atoms with van der Waals surface area (Å²) in [7, 11) is 4.74. The van der Waals surface area contributed by atoms with Gasteiger partial charge >= 0.3 is 5.97 Å². The molecule has 1 saturated carbocycles. The zero-order valence-electron chi connectivity index (χ0n) is 14.4. The zero-order valence-corrected chi connectivity index (χ0v) is 14.4. The van der Waals surface area contributed by atoms with Crippen molar-refractivity contribution in [2.75, 3.05) is 27.9 Å². The van der Waals surface area contributed by atoms with Gasteiger partial charge in [-0.2, -0.15) is 0 Å². The largest absolute Gasteiger partial charge is 0.493 e. The number of hydrogen-bond acceptors (Lipinski definition) is 5. The van der Waals surface area contributed by atoms with E-state index in [4.69, 9.17) is 19.3 Å². The van der Waals surface area contributed by atoms with Crippen LogP contribution in [-0.2, 0) is 4.79 Å². The molecule has 0 unspecified atom stereocenters. The first-order chi connectivity index (χ1) is 11.6. The highest BCUT2D eigenvalue weighted by Crippen LogP contribution is 2.37. The number of aliphatic carboxylic acids is 1. The average molecular weight is 335 g/mol. The molecule has 0 amide bonds. The van der Waals surface area contributed by atoms with Crippen LogP contribution in [-0.4, -0.2) is 45.2 Å². The molecular weight excluding hydrogens is 310 g/mol. The molecule has 0 aromatic heterocycles. The van der Waals surface area contributed by atoms with Crippen LogP contribution in [0.2, 0.25) is 0 Å². The van der Waals surface area contributed by atoms with E-state index in [1.807, 2.05) is 12.1 Å². The minimum absolute atomic E-state index is 0.180. The second-order valence-electron chi connectivity index (χ2n) is 6.01. The van der Waals surface area contributed by atoms with E-state index in [2.05, 4.69) is 4.99 Å². The smallest absolute Gasteiger partial charge is 0.306 e. The summed E-state index contributed by atoms with van der Waals surface area (Å²) < 4.78 is 16.0. The molecule has 6 heteroatoms. The van der Waals surface area contributed by atoms with Gasteiger partial charge in [0.05, 0.1) is 27.2 Å². The Morgan fingerprint density at radius 2 is 1.71 bits per heavy atom. The maximum absolute atomic E-state index is 11.0. The van der Waals surface area contributed by atoms with E-state index in [0.29, 0.717) is 29.7 Å². The van der Waals surface area contributed by atoms with E-state index in [1.54, 1.807) is 27.5 Å². The molecule has 0 radical (unpaired) electrons. The maximum Gasteiger partial charge on any atom is 0.306 e. The Labute approximate surface area is 142 Å². The van der Waals surface area contributed by atoms with Gasteiger partial charge in [-0.1, -0.05) is 0 Å². The Hall–Kier alpha value is -2.24. The van der Waals surface area contributed by atoms with Crippen LogP contribution in [0.4, 0.5) is 0 Å². The third kappa shape index (κ3) is 4.40. The number of benzene rings is 1. The molecule has 1 aliphatic carbocycles. The molecule has 132 valence electrons. The molecule has 0 atom stereocenters. The molecular formula is C18H25NO5. The summed E-state index contributed by atoms with van der Waals surface area (Å²) in [5.74, 6) is 1.36. The number of carboxylic acids is 1. The lowest BCUT2D eigenvalue weighted by atomic mass is 9.82. The first kappa shape index (κ1) is 18.1. The van der Waals surface area contributed by atoms with Crippen LogP contribution in [0.25, 0.3) is 0 Å². The van der Waals surface area contributed by atoms with Gasteiger partial charge in [-0.25, -0.2) is 0 Å². The van der Waals surface area contributed by atoms with E-state index in [9.17, 15) is 4.79 Å². The van der Waals surface area contributed by atoms with Crippen LogP contribution in [0.15, 0.2) is 17.1 Å². The van der Waals surface area contributed by atoms with Gasteiger partial charge in [0.1, 0.15) is 0 Å². The van der Waals surface area contributed by atoms with Crippen molar-refractivity contribution in [1.29, 1.82) is 0 Å². The summed E-state index contributed by atoms with van der Waals surface area (Å²) >= 11 is 0. The van der Waals surface area contributed by atoms with Gasteiger partial charge in [0, 0.05) is 12.8 Å². The van der Waals surface area contributed by atoms with Crippen LogP contribution in [0, 0.1) is 11.8 Å². The predicted molar refractivity (Wildman–Crippen MR) is 91.6 cm³/mol. The second-order valence-corrected chi connectivity index (χ2v) is 6.01. The number of aliphatic imine (C=N–C) groups is 1. The number of rotatable bonds is 7. The Kier molecular flexibility index (Phi) is 6.46. The van der Waals surface area contributed by atoms with Crippen molar-refractivity contribution in [3.63, 3.8) is 0 Å². The highest BCUT2D eigenvalue weighted by atomic mass is 16.5. The van der Waals surface area contributed by atoms with E-state index >= 15 is 0 Å². The average Bonchev–Trinajstić information content (AvgIpc) is 2.61. The van der Waals surface area contributed by atoms with Crippen LogP contribution >= 0.6 is 0 Å². The molecule has 1 fully saturated rings.